The summed E-state index contributed by atoms with van der Waals surface area (Å²) in [5.41, 5.74) is -0.354. The summed E-state index contributed by atoms with van der Waals surface area (Å²) in [5.74, 6) is -0.610. The Morgan fingerprint density at radius 1 is 0.507 bits per heavy atom. The Kier molecular flexibility index (Phi) is 40.0. The highest BCUT2D eigenvalue weighted by Crippen LogP contribution is 2.26. The van der Waals surface area contributed by atoms with Crippen LogP contribution >= 0.6 is 0 Å². The van der Waals surface area contributed by atoms with Crippen molar-refractivity contribution >= 4 is 23.8 Å². The molecule has 0 radical (unpaired) electrons. The van der Waals surface area contributed by atoms with Crippen molar-refractivity contribution in [3.63, 3.8) is 0 Å². The molecule has 1 saturated carbocycles. The van der Waals surface area contributed by atoms with E-state index in [1.165, 1.54) is 154 Å². The van der Waals surface area contributed by atoms with Gasteiger partial charge < -0.3 is 29.6 Å². The summed E-state index contributed by atoms with van der Waals surface area (Å²) in [6, 6.07) is -0.318. The minimum Gasteiger partial charge on any atom is -0.462 e. The molecule has 4 unspecified atom stereocenters. The number of hydrogen-bond donors (Lipinski definition) is 2. The molecule has 10 nitrogen and oxygen atoms in total. The lowest BCUT2D eigenvalue weighted by Gasteiger charge is -2.34. The van der Waals surface area contributed by atoms with Crippen molar-refractivity contribution in [2.24, 2.45) is 5.92 Å². The molecule has 1 aliphatic carbocycles. The SMILES string of the molecule is CCCCCCCCCCCCCCCCCC(=O)OC1CC(NC(=O)CCC(=O)NCCC(C)C(C)OCC(C)(C)OC)CC(OC(=O)CCCCCCCCCCCCCCCCC)C1. The monoisotopic (exact) mass is 949 g/mol. The molecule has 2 N–H and O–H groups in total. The van der Waals surface area contributed by atoms with E-state index in [0.29, 0.717) is 45.3 Å². The van der Waals surface area contributed by atoms with E-state index >= 15 is 0 Å². The second-order valence-corrected chi connectivity index (χ2v) is 21.2. The van der Waals surface area contributed by atoms with Crippen LogP contribution in [0.5, 0.6) is 0 Å². The highest BCUT2D eigenvalue weighted by atomic mass is 16.6. The maximum atomic E-state index is 13.1. The number of rotatable bonds is 46. The van der Waals surface area contributed by atoms with Crippen LogP contribution in [-0.4, -0.2) is 74.0 Å². The molecule has 1 fully saturated rings. The number of amides is 2. The van der Waals surface area contributed by atoms with Crippen LogP contribution in [0.15, 0.2) is 0 Å². The third-order valence-electron chi connectivity index (χ3n) is 14.1. The van der Waals surface area contributed by atoms with Gasteiger partial charge in [-0.05, 0) is 46.0 Å². The molecule has 0 bridgehead atoms. The minimum absolute atomic E-state index is 0.0154. The number of hydrogen-bond acceptors (Lipinski definition) is 8. The fraction of sp³-hybridized carbons (Fsp3) is 0.930. The van der Waals surface area contributed by atoms with Gasteiger partial charge in [0.1, 0.15) is 12.2 Å². The van der Waals surface area contributed by atoms with Gasteiger partial charge in [0.2, 0.25) is 11.8 Å². The molecule has 0 saturated heterocycles. The van der Waals surface area contributed by atoms with E-state index in [1.807, 2.05) is 20.8 Å². The number of nitrogens with one attached hydrogen (secondary N) is 2. The van der Waals surface area contributed by atoms with Gasteiger partial charge in [0.25, 0.3) is 0 Å². The molecule has 2 amide bonds. The van der Waals surface area contributed by atoms with Crippen molar-refractivity contribution < 1.29 is 38.1 Å². The van der Waals surface area contributed by atoms with E-state index in [1.54, 1.807) is 7.11 Å². The maximum Gasteiger partial charge on any atom is 0.306 e. The van der Waals surface area contributed by atoms with Gasteiger partial charge in [-0.25, -0.2) is 0 Å². The van der Waals surface area contributed by atoms with Crippen molar-refractivity contribution in [2.45, 2.75) is 315 Å². The lowest BCUT2D eigenvalue weighted by Crippen LogP contribution is -2.46. The van der Waals surface area contributed by atoms with Gasteiger partial charge in [0, 0.05) is 64.6 Å². The largest absolute Gasteiger partial charge is 0.462 e. The fourth-order valence-corrected chi connectivity index (χ4v) is 9.14. The van der Waals surface area contributed by atoms with E-state index in [-0.39, 0.29) is 60.3 Å². The number of unbranched alkanes of at least 4 members (excludes halogenated alkanes) is 28. The number of ether oxygens (including phenoxy) is 4. The van der Waals surface area contributed by atoms with Crippen LogP contribution in [0, 0.1) is 5.92 Å². The highest BCUT2D eigenvalue weighted by Gasteiger charge is 2.34. The second kappa shape index (κ2) is 42.7. The van der Waals surface area contributed by atoms with E-state index in [0.717, 1.165) is 44.9 Å². The summed E-state index contributed by atoms with van der Waals surface area (Å²) in [4.78, 5) is 51.9. The zero-order valence-corrected chi connectivity index (χ0v) is 44.9. The van der Waals surface area contributed by atoms with Gasteiger partial charge in [-0.2, -0.15) is 0 Å². The Balaban J connectivity index is 2.48. The van der Waals surface area contributed by atoms with Gasteiger partial charge in [-0.15, -0.1) is 0 Å². The van der Waals surface area contributed by atoms with Crippen molar-refractivity contribution in [3.05, 3.63) is 0 Å². The van der Waals surface area contributed by atoms with Crippen molar-refractivity contribution in [1.29, 1.82) is 0 Å². The Labute approximate surface area is 412 Å². The Bertz CT molecular complexity index is 1160. The molecule has 4 atom stereocenters. The third-order valence-corrected chi connectivity index (χ3v) is 14.1. The summed E-state index contributed by atoms with van der Waals surface area (Å²) in [7, 11) is 1.68. The average Bonchev–Trinajstić information content (AvgIpc) is 3.29. The zero-order chi connectivity index (χ0) is 49.2. The van der Waals surface area contributed by atoms with Crippen molar-refractivity contribution in [2.75, 3.05) is 20.3 Å². The lowest BCUT2D eigenvalue weighted by molar-refractivity contribution is -0.160. The van der Waals surface area contributed by atoms with E-state index in [2.05, 4.69) is 31.4 Å². The first kappa shape index (κ1) is 62.8. The predicted octanol–water partition coefficient (Wildman–Crippen LogP) is 14.8. The number of carbonyl (C=O) groups is 4. The van der Waals surface area contributed by atoms with Crippen molar-refractivity contribution in [1.82, 2.24) is 10.6 Å². The van der Waals surface area contributed by atoms with Crippen LogP contribution in [0.25, 0.3) is 0 Å². The van der Waals surface area contributed by atoms with Gasteiger partial charge >= 0.3 is 11.9 Å². The quantitative estimate of drug-likeness (QED) is 0.0456. The summed E-state index contributed by atoms with van der Waals surface area (Å²) in [5, 5.41) is 6.02. The molecule has 0 aromatic heterocycles. The molecule has 0 aromatic rings. The van der Waals surface area contributed by atoms with Gasteiger partial charge in [0.15, 0.2) is 0 Å². The van der Waals surface area contributed by atoms with Crippen molar-refractivity contribution in [3.8, 4) is 0 Å². The van der Waals surface area contributed by atoms with Gasteiger partial charge in [-0.3, -0.25) is 19.2 Å². The number of esters is 2. The Hall–Kier alpha value is -2.20. The van der Waals surface area contributed by atoms with E-state index in [4.69, 9.17) is 18.9 Å². The minimum atomic E-state index is -0.441. The summed E-state index contributed by atoms with van der Waals surface area (Å²) < 4.78 is 23.4. The molecule has 0 aromatic carbocycles. The molecule has 1 aliphatic rings. The third kappa shape index (κ3) is 38.3. The van der Waals surface area contributed by atoms with Crippen LogP contribution in [0.3, 0.4) is 0 Å². The van der Waals surface area contributed by atoms with Crippen LogP contribution < -0.4 is 10.6 Å². The van der Waals surface area contributed by atoms with E-state index < -0.39 is 12.2 Å². The smallest absolute Gasteiger partial charge is 0.306 e. The molecule has 0 aliphatic heterocycles. The van der Waals surface area contributed by atoms with Crippen LogP contribution in [0.1, 0.15) is 286 Å². The highest BCUT2D eigenvalue weighted by molar-refractivity contribution is 5.83. The zero-order valence-electron chi connectivity index (χ0n) is 44.9. The molecule has 1 rings (SSSR count). The maximum absolute atomic E-state index is 13.1. The molecule has 10 heteroatoms. The fourth-order valence-electron chi connectivity index (χ4n) is 9.14. The molecule has 0 spiro atoms. The molecular weight excluding hydrogens is 841 g/mol. The number of methoxy groups -OCH3 is 1. The topological polar surface area (TPSA) is 129 Å². The first-order valence-corrected chi connectivity index (χ1v) is 28.5. The molecule has 394 valence electrons. The van der Waals surface area contributed by atoms with Crippen LogP contribution in [-0.2, 0) is 38.1 Å². The van der Waals surface area contributed by atoms with Gasteiger partial charge in [-0.1, -0.05) is 201 Å². The first-order valence-electron chi connectivity index (χ1n) is 28.5. The molecular formula is C57H108N2O8. The molecule has 0 heterocycles. The predicted molar refractivity (Wildman–Crippen MR) is 277 cm³/mol. The average molecular weight is 949 g/mol. The number of carbonyl (C=O) groups excluding carboxylic acids is 4. The Morgan fingerprint density at radius 2 is 0.866 bits per heavy atom. The summed E-state index contributed by atoms with van der Waals surface area (Å²) in [6.07, 6.45) is 40.3. The summed E-state index contributed by atoms with van der Waals surface area (Å²) >= 11 is 0. The molecule has 67 heavy (non-hydrogen) atoms. The van der Waals surface area contributed by atoms with Crippen LogP contribution in [0.4, 0.5) is 0 Å². The standard InChI is InChI=1S/C57H108N2O8/c1-8-10-12-14-16-18-20-22-24-26-28-30-32-34-36-38-55(62)66-51-44-50(59-54(61)41-40-53(60)58-43-42-48(3)49(4)65-47-57(5,6)64-7)45-52(46-51)67-56(63)39-37-35-33-31-29-27-25-23-21-19-17-15-13-11-9-2/h48-52H,8-47H2,1-7H3,(H,58,60)(H,59,61). The summed E-state index contributed by atoms with van der Waals surface area (Å²) in [6.45, 7) is 13.6. The van der Waals surface area contributed by atoms with E-state index in [9.17, 15) is 19.2 Å². The first-order chi connectivity index (χ1) is 32.4. The second-order valence-electron chi connectivity index (χ2n) is 21.2. The lowest BCUT2D eigenvalue weighted by atomic mass is 9.90. The normalized spacial score (nSPS) is 17.2. The Morgan fingerprint density at radius 3 is 1.24 bits per heavy atom. The van der Waals surface area contributed by atoms with Gasteiger partial charge in [0.05, 0.1) is 18.3 Å². The van der Waals surface area contributed by atoms with Crippen LogP contribution in [0.2, 0.25) is 0 Å².